The van der Waals surface area contributed by atoms with Crippen LogP contribution in [0.15, 0.2) is 41.1 Å². The molecule has 1 fully saturated rings. The highest BCUT2D eigenvalue weighted by atomic mass is 19.1. The molecule has 3 heterocycles. The monoisotopic (exact) mass is 342 g/mol. The fraction of sp³-hybridized carbons (Fsp3) is 0.333. The molecular weight excluding hydrogens is 323 g/mol. The van der Waals surface area contributed by atoms with E-state index >= 15 is 0 Å². The van der Waals surface area contributed by atoms with Gasteiger partial charge < -0.3 is 19.0 Å². The number of ether oxygens (including phenoxy) is 1. The lowest BCUT2D eigenvalue weighted by molar-refractivity contribution is 0.415. The van der Waals surface area contributed by atoms with E-state index in [1.165, 1.54) is 12.3 Å². The largest absolute Gasteiger partial charge is 0.497 e. The highest BCUT2D eigenvalue weighted by Gasteiger charge is 2.20. The number of hydrogen-bond donors (Lipinski definition) is 0. The average Bonchev–Trinajstić information content (AvgIpc) is 2.89. The smallest absolute Gasteiger partial charge is 0.298 e. The van der Waals surface area contributed by atoms with Crippen molar-refractivity contribution in [1.82, 2.24) is 9.97 Å². The third-order valence-electron chi connectivity index (χ3n) is 4.41. The zero-order chi connectivity index (χ0) is 17.2. The van der Waals surface area contributed by atoms with E-state index in [1.54, 1.807) is 13.3 Å². The Labute approximate surface area is 144 Å². The van der Waals surface area contributed by atoms with Crippen LogP contribution in [0.3, 0.4) is 0 Å². The van der Waals surface area contributed by atoms with E-state index in [9.17, 15) is 4.39 Å². The second-order valence-electron chi connectivity index (χ2n) is 6.02. The summed E-state index contributed by atoms with van der Waals surface area (Å²) in [5, 5.41) is 0. The van der Waals surface area contributed by atoms with Gasteiger partial charge in [0.1, 0.15) is 17.1 Å². The third kappa shape index (κ3) is 3.22. The number of halogens is 1. The van der Waals surface area contributed by atoms with E-state index < -0.39 is 0 Å². The van der Waals surface area contributed by atoms with Crippen molar-refractivity contribution in [3.05, 3.63) is 42.5 Å². The molecule has 1 aromatic carbocycles. The first-order valence-corrected chi connectivity index (χ1v) is 8.28. The number of benzene rings is 1. The lowest BCUT2D eigenvalue weighted by atomic mass is 10.3. The van der Waals surface area contributed by atoms with Gasteiger partial charge in [0.05, 0.1) is 25.2 Å². The minimum Gasteiger partial charge on any atom is -0.497 e. The summed E-state index contributed by atoms with van der Waals surface area (Å²) < 4.78 is 24.5. The van der Waals surface area contributed by atoms with Gasteiger partial charge in [-0.1, -0.05) is 0 Å². The van der Waals surface area contributed by atoms with E-state index in [4.69, 9.17) is 9.15 Å². The Kier molecular flexibility index (Phi) is 4.13. The molecule has 130 valence electrons. The molecule has 0 spiro atoms. The van der Waals surface area contributed by atoms with Gasteiger partial charge in [0, 0.05) is 38.3 Å². The van der Waals surface area contributed by atoms with Gasteiger partial charge in [-0.15, -0.1) is 0 Å². The Bertz CT molecular complexity index is 882. The van der Waals surface area contributed by atoms with Gasteiger partial charge in [-0.2, -0.15) is 4.98 Å². The van der Waals surface area contributed by atoms with Gasteiger partial charge in [-0.25, -0.2) is 4.39 Å². The molecular formula is C18H19FN4O2. The molecule has 1 aliphatic heterocycles. The number of anilines is 2. The predicted octanol–water partition coefficient (Wildman–Crippen LogP) is 3.09. The summed E-state index contributed by atoms with van der Waals surface area (Å²) in [6.45, 7) is 3.19. The second kappa shape index (κ2) is 6.58. The van der Waals surface area contributed by atoms with Gasteiger partial charge in [0.25, 0.3) is 6.01 Å². The van der Waals surface area contributed by atoms with Crippen molar-refractivity contribution in [1.29, 1.82) is 0 Å². The molecule has 7 heteroatoms. The Hall–Kier alpha value is -2.83. The molecule has 0 aliphatic carbocycles. The number of hydrogen-bond acceptors (Lipinski definition) is 6. The standard InChI is InChI=1S/C18H19FN4O2/c1-24-15-3-4-17-16(10-15)21-18(25-17)23-6-2-5-22(7-8-23)14-9-13(19)11-20-12-14/h3-4,9-12H,2,5-8H2,1H3. The second-order valence-corrected chi connectivity index (χ2v) is 6.02. The number of oxazole rings is 1. The van der Waals surface area contributed by atoms with Crippen molar-refractivity contribution >= 4 is 22.8 Å². The minimum atomic E-state index is -0.313. The summed E-state index contributed by atoms with van der Waals surface area (Å²) in [5.74, 6) is 0.444. The summed E-state index contributed by atoms with van der Waals surface area (Å²) in [6.07, 6.45) is 3.85. The van der Waals surface area contributed by atoms with Crippen LogP contribution in [0, 0.1) is 5.82 Å². The summed E-state index contributed by atoms with van der Waals surface area (Å²) in [6, 6.07) is 7.73. The van der Waals surface area contributed by atoms with Crippen LogP contribution in [0.25, 0.3) is 11.1 Å². The van der Waals surface area contributed by atoms with E-state index in [0.29, 0.717) is 6.01 Å². The first-order valence-electron chi connectivity index (χ1n) is 8.28. The Balaban J connectivity index is 1.52. The van der Waals surface area contributed by atoms with E-state index in [0.717, 1.165) is 55.1 Å². The molecule has 2 aromatic heterocycles. The Morgan fingerprint density at radius 2 is 1.92 bits per heavy atom. The SMILES string of the molecule is COc1ccc2oc(N3CCCN(c4cncc(F)c4)CC3)nc2c1. The molecule has 0 radical (unpaired) electrons. The molecule has 0 bridgehead atoms. The van der Waals surface area contributed by atoms with Crippen LogP contribution in [-0.4, -0.2) is 43.3 Å². The number of nitrogens with zero attached hydrogens (tertiary/aromatic N) is 4. The zero-order valence-corrected chi connectivity index (χ0v) is 14.0. The fourth-order valence-electron chi connectivity index (χ4n) is 3.10. The van der Waals surface area contributed by atoms with Crippen LogP contribution >= 0.6 is 0 Å². The Morgan fingerprint density at radius 1 is 1.08 bits per heavy atom. The number of rotatable bonds is 3. The highest BCUT2D eigenvalue weighted by Crippen LogP contribution is 2.26. The van der Waals surface area contributed by atoms with Crippen LogP contribution < -0.4 is 14.5 Å². The molecule has 0 saturated carbocycles. The molecule has 1 aliphatic rings. The van der Waals surface area contributed by atoms with Crippen LogP contribution in [0.2, 0.25) is 0 Å². The maximum absolute atomic E-state index is 13.4. The fourth-order valence-corrected chi connectivity index (χ4v) is 3.10. The molecule has 0 N–H and O–H groups in total. The summed E-state index contributed by atoms with van der Waals surface area (Å²) in [5.41, 5.74) is 2.33. The average molecular weight is 342 g/mol. The lowest BCUT2D eigenvalue weighted by Crippen LogP contribution is -2.30. The van der Waals surface area contributed by atoms with Gasteiger partial charge in [-0.05, 0) is 18.6 Å². The van der Waals surface area contributed by atoms with E-state index in [2.05, 4.69) is 19.8 Å². The van der Waals surface area contributed by atoms with Crippen LogP contribution in [0.4, 0.5) is 16.1 Å². The number of pyridine rings is 1. The van der Waals surface area contributed by atoms with Gasteiger partial charge in [-0.3, -0.25) is 4.98 Å². The van der Waals surface area contributed by atoms with Gasteiger partial charge in [0.15, 0.2) is 5.58 Å². The molecule has 1 saturated heterocycles. The summed E-state index contributed by atoms with van der Waals surface area (Å²) >= 11 is 0. The predicted molar refractivity (Wildman–Crippen MR) is 93.8 cm³/mol. The van der Waals surface area contributed by atoms with Crippen molar-refractivity contribution in [3.8, 4) is 5.75 Å². The number of fused-ring (bicyclic) bond motifs is 1. The van der Waals surface area contributed by atoms with Crippen molar-refractivity contribution < 1.29 is 13.5 Å². The normalized spacial score (nSPS) is 15.4. The molecule has 4 rings (SSSR count). The molecule has 0 amide bonds. The quantitative estimate of drug-likeness (QED) is 0.729. The minimum absolute atomic E-state index is 0.313. The number of aromatic nitrogens is 2. The molecule has 25 heavy (non-hydrogen) atoms. The van der Waals surface area contributed by atoms with Crippen molar-refractivity contribution in [2.24, 2.45) is 0 Å². The maximum atomic E-state index is 13.4. The topological polar surface area (TPSA) is 54.6 Å². The number of methoxy groups -OCH3 is 1. The first kappa shape index (κ1) is 15.7. The van der Waals surface area contributed by atoms with Gasteiger partial charge in [0.2, 0.25) is 0 Å². The van der Waals surface area contributed by atoms with E-state index in [1.807, 2.05) is 18.2 Å². The Morgan fingerprint density at radius 3 is 2.76 bits per heavy atom. The third-order valence-corrected chi connectivity index (χ3v) is 4.41. The van der Waals surface area contributed by atoms with Crippen molar-refractivity contribution in [2.75, 3.05) is 43.1 Å². The zero-order valence-electron chi connectivity index (χ0n) is 14.0. The van der Waals surface area contributed by atoms with E-state index in [-0.39, 0.29) is 5.82 Å². The summed E-state index contributed by atoms with van der Waals surface area (Å²) in [7, 11) is 1.63. The van der Waals surface area contributed by atoms with Crippen LogP contribution in [0.1, 0.15) is 6.42 Å². The molecule has 0 atom stereocenters. The van der Waals surface area contributed by atoms with Crippen LogP contribution in [0.5, 0.6) is 5.75 Å². The van der Waals surface area contributed by atoms with Crippen molar-refractivity contribution in [3.63, 3.8) is 0 Å². The summed E-state index contributed by atoms with van der Waals surface area (Å²) in [4.78, 5) is 12.8. The maximum Gasteiger partial charge on any atom is 0.298 e. The molecule has 3 aromatic rings. The molecule has 6 nitrogen and oxygen atoms in total. The highest BCUT2D eigenvalue weighted by molar-refractivity contribution is 5.76. The molecule has 0 unspecified atom stereocenters. The van der Waals surface area contributed by atoms with Gasteiger partial charge >= 0.3 is 0 Å². The lowest BCUT2D eigenvalue weighted by Gasteiger charge is -2.22. The van der Waals surface area contributed by atoms with Crippen LogP contribution in [-0.2, 0) is 0 Å². The first-order chi connectivity index (χ1) is 12.2. The van der Waals surface area contributed by atoms with Crippen molar-refractivity contribution in [2.45, 2.75) is 6.42 Å².